The van der Waals surface area contributed by atoms with Gasteiger partial charge in [-0.15, -0.1) is 0 Å². The normalized spacial score (nSPS) is 14.3. The molecule has 10 heteroatoms. The number of aryl methyl sites for hydroxylation is 3. The average molecular weight is 434 g/mol. The summed E-state index contributed by atoms with van der Waals surface area (Å²) in [5.74, 6) is 3.15. The summed E-state index contributed by atoms with van der Waals surface area (Å²) < 4.78 is 9.17. The van der Waals surface area contributed by atoms with Crippen molar-refractivity contribution >= 4 is 22.8 Å². The Balaban J connectivity index is 1.36. The van der Waals surface area contributed by atoms with Crippen molar-refractivity contribution in [1.82, 2.24) is 34.5 Å². The smallest absolute Gasteiger partial charge is 0.226 e. The maximum Gasteiger partial charge on any atom is 0.226 e. The Morgan fingerprint density at radius 2 is 1.75 bits per heavy atom. The molecule has 32 heavy (non-hydrogen) atoms. The predicted molar refractivity (Wildman–Crippen MR) is 123 cm³/mol. The number of nitrogens with zero attached hydrogens (tertiary/aromatic N) is 8. The number of hydrogen-bond acceptors (Lipinski definition) is 8. The van der Waals surface area contributed by atoms with E-state index in [0.29, 0.717) is 32.1 Å². The van der Waals surface area contributed by atoms with E-state index in [1.807, 2.05) is 60.7 Å². The Morgan fingerprint density at radius 3 is 2.53 bits per heavy atom. The van der Waals surface area contributed by atoms with Crippen LogP contribution in [0.2, 0.25) is 0 Å². The molecular weight excluding hydrogens is 406 g/mol. The Bertz CT molecular complexity index is 1230. The van der Waals surface area contributed by atoms with Gasteiger partial charge in [0, 0.05) is 45.7 Å². The fourth-order valence-electron chi connectivity index (χ4n) is 4.03. The lowest BCUT2D eigenvalue weighted by molar-refractivity contribution is 0.122. The molecule has 4 aromatic rings. The van der Waals surface area contributed by atoms with E-state index in [9.17, 15) is 0 Å². The fourth-order valence-corrected chi connectivity index (χ4v) is 4.03. The first kappa shape index (κ1) is 20.4. The third kappa shape index (κ3) is 3.89. The van der Waals surface area contributed by atoms with Crippen molar-refractivity contribution in [2.75, 3.05) is 43.1 Å². The molecule has 0 saturated carbocycles. The number of fused-ring (bicyclic) bond motifs is 1. The van der Waals surface area contributed by atoms with Crippen molar-refractivity contribution in [1.29, 1.82) is 0 Å². The average Bonchev–Trinajstić information content (AvgIpc) is 3.33. The highest BCUT2D eigenvalue weighted by molar-refractivity contribution is 5.91. The molecule has 1 fully saturated rings. The summed E-state index contributed by atoms with van der Waals surface area (Å²) in [6.07, 6.45) is 0.703. The Kier molecular flexibility index (Phi) is 5.44. The van der Waals surface area contributed by atoms with Gasteiger partial charge in [-0.05, 0) is 6.92 Å². The molecule has 1 saturated heterocycles. The van der Waals surface area contributed by atoms with Crippen molar-refractivity contribution in [2.45, 2.75) is 13.3 Å². The van der Waals surface area contributed by atoms with Crippen LogP contribution in [0, 0.1) is 6.92 Å². The van der Waals surface area contributed by atoms with Gasteiger partial charge in [-0.3, -0.25) is 4.68 Å². The van der Waals surface area contributed by atoms with E-state index < -0.39 is 0 Å². The van der Waals surface area contributed by atoms with Crippen LogP contribution in [0.5, 0.6) is 0 Å². The lowest BCUT2D eigenvalue weighted by Crippen LogP contribution is -2.37. The zero-order chi connectivity index (χ0) is 22.1. The number of benzene rings is 1. The summed E-state index contributed by atoms with van der Waals surface area (Å²) in [4.78, 5) is 16.5. The van der Waals surface area contributed by atoms with Gasteiger partial charge in [0.25, 0.3) is 0 Å². The molecule has 0 spiro atoms. The van der Waals surface area contributed by atoms with E-state index in [4.69, 9.17) is 19.7 Å². The molecule has 3 aromatic heterocycles. The van der Waals surface area contributed by atoms with Crippen LogP contribution in [-0.4, -0.2) is 67.4 Å². The van der Waals surface area contributed by atoms with E-state index >= 15 is 0 Å². The van der Waals surface area contributed by atoms with Crippen LogP contribution in [0.3, 0.4) is 0 Å². The van der Waals surface area contributed by atoms with Crippen LogP contribution in [0.15, 0.2) is 30.3 Å². The molecule has 4 heterocycles. The van der Waals surface area contributed by atoms with Gasteiger partial charge < -0.3 is 15.0 Å². The van der Waals surface area contributed by atoms with Gasteiger partial charge in [0.05, 0.1) is 24.3 Å². The molecule has 10 nitrogen and oxygen atoms in total. The minimum Gasteiger partial charge on any atom is -0.378 e. The molecule has 1 aliphatic rings. The largest absolute Gasteiger partial charge is 0.378 e. The molecule has 0 unspecified atom stereocenters. The lowest BCUT2D eigenvalue weighted by atomic mass is 10.2. The van der Waals surface area contributed by atoms with E-state index in [1.54, 1.807) is 0 Å². The number of rotatable bonds is 6. The highest BCUT2D eigenvalue weighted by atomic mass is 16.5. The molecule has 0 atom stereocenters. The summed E-state index contributed by atoms with van der Waals surface area (Å²) in [5.41, 5.74) is 2.77. The predicted octanol–water partition coefficient (Wildman–Crippen LogP) is 1.96. The van der Waals surface area contributed by atoms with Crippen LogP contribution in [0.25, 0.3) is 22.4 Å². The van der Waals surface area contributed by atoms with Gasteiger partial charge in [0.2, 0.25) is 5.95 Å². The minimum atomic E-state index is 0.590. The zero-order valence-corrected chi connectivity index (χ0v) is 18.6. The highest BCUT2D eigenvalue weighted by Gasteiger charge is 2.21. The summed E-state index contributed by atoms with van der Waals surface area (Å²) in [6.45, 7) is 5.65. The Morgan fingerprint density at radius 1 is 0.969 bits per heavy atom. The Labute approximate surface area is 186 Å². The van der Waals surface area contributed by atoms with Crippen molar-refractivity contribution in [3.63, 3.8) is 0 Å². The molecule has 0 bridgehead atoms. The third-order valence-corrected chi connectivity index (χ3v) is 5.67. The fraction of sp³-hybridized carbons (Fsp3) is 0.409. The van der Waals surface area contributed by atoms with Crippen molar-refractivity contribution in [3.05, 3.63) is 41.9 Å². The minimum absolute atomic E-state index is 0.590. The Hall–Kier alpha value is -3.53. The first-order chi connectivity index (χ1) is 15.6. The summed E-state index contributed by atoms with van der Waals surface area (Å²) >= 11 is 0. The molecule has 1 N–H and O–H groups in total. The number of ether oxygens (including phenoxy) is 1. The molecule has 166 valence electrons. The first-order valence-corrected chi connectivity index (χ1v) is 10.8. The van der Waals surface area contributed by atoms with E-state index in [-0.39, 0.29) is 0 Å². The number of morpholine rings is 1. The zero-order valence-electron chi connectivity index (χ0n) is 18.6. The second-order valence-electron chi connectivity index (χ2n) is 7.90. The van der Waals surface area contributed by atoms with Crippen LogP contribution in [-0.2, 0) is 25.3 Å². The molecule has 0 radical (unpaired) electrons. The van der Waals surface area contributed by atoms with Gasteiger partial charge in [-0.25, -0.2) is 9.67 Å². The van der Waals surface area contributed by atoms with Crippen LogP contribution in [0.1, 0.15) is 11.5 Å². The molecule has 1 aromatic carbocycles. The molecule has 5 rings (SSSR count). The second kappa shape index (κ2) is 8.54. The SMILES string of the molecule is Cc1nn(C)c2nc(NCCc3nc(-c4ccccc4)nn3C)nc(N3CCOCC3)c12. The van der Waals surface area contributed by atoms with E-state index in [1.165, 1.54) is 0 Å². The first-order valence-electron chi connectivity index (χ1n) is 10.8. The van der Waals surface area contributed by atoms with E-state index in [0.717, 1.165) is 52.8 Å². The van der Waals surface area contributed by atoms with Gasteiger partial charge in [-0.1, -0.05) is 30.3 Å². The monoisotopic (exact) mass is 433 g/mol. The number of nitrogens with one attached hydrogen (secondary N) is 1. The number of aromatic nitrogens is 7. The number of anilines is 2. The third-order valence-electron chi connectivity index (χ3n) is 5.67. The molecular formula is C22H27N9O. The van der Waals surface area contributed by atoms with Crippen LogP contribution >= 0.6 is 0 Å². The van der Waals surface area contributed by atoms with Gasteiger partial charge in [0.1, 0.15) is 11.6 Å². The lowest BCUT2D eigenvalue weighted by Gasteiger charge is -2.28. The van der Waals surface area contributed by atoms with Crippen molar-refractivity contribution in [3.8, 4) is 11.4 Å². The topological polar surface area (TPSA) is 98.8 Å². The standard InChI is InChI=1S/C22H27N9O/c1-15-18-20(30(3)27-15)25-22(26-21(18)31-11-13-32-14-12-31)23-10-9-17-24-19(28-29(17)2)16-7-5-4-6-8-16/h4-8H,9-14H2,1-3H3,(H,23,25,26). The summed E-state index contributed by atoms with van der Waals surface area (Å²) in [7, 11) is 3.84. The van der Waals surface area contributed by atoms with Crippen molar-refractivity contribution < 1.29 is 4.74 Å². The van der Waals surface area contributed by atoms with Crippen molar-refractivity contribution in [2.24, 2.45) is 14.1 Å². The van der Waals surface area contributed by atoms with Gasteiger partial charge in [0.15, 0.2) is 11.5 Å². The van der Waals surface area contributed by atoms with Crippen LogP contribution < -0.4 is 10.2 Å². The summed E-state index contributed by atoms with van der Waals surface area (Å²) in [5, 5.41) is 13.5. The second-order valence-corrected chi connectivity index (χ2v) is 7.90. The molecule has 0 amide bonds. The van der Waals surface area contributed by atoms with Gasteiger partial charge >= 0.3 is 0 Å². The van der Waals surface area contributed by atoms with Gasteiger partial charge in [-0.2, -0.15) is 20.2 Å². The number of hydrogen-bond donors (Lipinski definition) is 1. The molecule has 0 aliphatic carbocycles. The maximum atomic E-state index is 5.52. The molecule has 1 aliphatic heterocycles. The van der Waals surface area contributed by atoms with Crippen LogP contribution in [0.4, 0.5) is 11.8 Å². The quantitative estimate of drug-likeness (QED) is 0.493. The van der Waals surface area contributed by atoms with E-state index in [2.05, 4.69) is 20.4 Å². The summed E-state index contributed by atoms with van der Waals surface area (Å²) in [6, 6.07) is 10.0. The highest BCUT2D eigenvalue weighted by Crippen LogP contribution is 2.28. The maximum absolute atomic E-state index is 5.52.